The number of benzene rings is 2. The van der Waals surface area contributed by atoms with Crippen LogP contribution in [-0.2, 0) is 11.2 Å². The van der Waals surface area contributed by atoms with Crippen LogP contribution in [0.2, 0.25) is 0 Å². The Hall–Kier alpha value is -2.69. The van der Waals surface area contributed by atoms with E-state index in [4.69, 9.17) is 0 Å². The minimum absolute atomic E-state index is 0.0646. The Balaban J connectivity index is 1.94. The molecule has 2 N–H and O–H groups in total. The van der Waals surface area contributed by atoms with Crippen molar-refractivity contribution >= 4 is 11.8 Å². The van der Waals surface area contributed by atoms with E-state index in [-0.39, 0.29) is 17.4 Å². The third kappa shape index (κ3) is 5.41. The Bertz CT molecular complexity index is 717. The van der Waals surface area contributed by atoms with Gasteiger partial charge in [-0.3, -0.25) is 9.59 Å². The first-order valence-electron chi connectivity index (χ1n) is 8.36. The third-order valence-corrected chi connectivity index (χ3v) is 3.91. The first-order valence-corrected chi connectivity index (χ1v) is 8.36. The van der Waals surface area contributed by atoms with E-state index in [1.807, 2.05) is 44.2 Å². The van der Waals surface area contributed by atoms with Crippen LogP contribution in [0.15, 0.2) is 54.6 Å². The first-order chi connectivity index (χ1) is 12.0. The molecule has 0 fully saturated rings. The second-order valence-electron chi connectivity index (χ2n) is 6.20. The number of hydrogen-bond acceptors (Lipinski definition) is 2. The van der Waals surface area contributed by atoms with E-state index in [1.54, 1.807) is 6.07 Å². The van der Waals surface area contributed by atoms with Gasteiger partial charge in [-0.2, -0.15) is 0 Å². The molecule has 132 valence electrons. The van der Waals surface area contributed by atoms with Crippen molar-refractivity contribution in [1.29, 1.82) is 0 Å². The standard InChI is InChI=1S/C20H23FN2O2/c1-14(2)18(23-19(24)16-10-6-7-11-17(16)21)20(25)22-13-12-15-8-4-3-5-9-15/h3-11,14,18H,12-13H2,1-2H3,(H,22,25)(H,23,24)/t18-/m1/s1. The Labute approximate surface area is 147 Å². The number of carbonyl (C=O) groups is 2. The lowest BCUT2D eigenvalue weighted by atomic mass is 10.0. The molecular formula is C20H23FN2O2. The maximum Gasteiger partial charge on any atom is 0.254 e. The Morgan fingerprint density at radius 3 is 2.28 bits per heavy atom. The van der Waals surface area contributed by atoms with Crippen molar-refractivity contribution in [2.24, 2.45) is 5.92 Å². The molecule has 25 heavy (non-hydrogen) atoms. The van der Waals surface area contributed by atoms with Crippen molar-refractivity contribution in [3.05, 3.63) is 71.5 Å². The van der Waals surface area contributed by atoms with E-state index in [0.717, 1.165) is 5.56 Å². The average molecular weight is 342 g/mol. The number of halogens is 1. The second-order valence-corrected chi connectivity index (χ2v) is 6.20. The lowest BCUT2D eigenvalue weighted by molar-refractivity contribution is -0.123. The van der Waals surface area contributed by atoms with Crippen LogP contribution in [0.25, 0.3) is 0 Å². The molecule has 0 radical (unpaired) electrons. The normalized spacial score (nSPS) is 11.8. The van der Waals surface area contributed by atoms with Crippen LogP contribution in [0, 0.1) is 11.7 Å². The molecule has 0 unspecified atom stereocenters. The molecule has 4 nitrogen and oxygen atoms in total. The predicted octanol–water partition coefficient (Wildman–Crippen LogP) is 2.94. The van der Waals surface area contributed by atoms with Crippen molar-refractivity contribution in [3.8, 4) is 0 Å². The fourth-order valence-corrected chi connectivity index (χ4v) is 2.48. The van der Waals surface area contributed by atoms with E-state index in [9.17, 15) is 14.0 Å². The Morgan fingerprint density at radius 1 is 1.00 bits per heavy atom. The summed E-state index contributed by atoms with van der Waals surface area (Å²) >= 11 is 0. The van der Waals surface area contributed by atoms with Crippen molar-refractivity contribution < 1.29 is 14.0 Å². The van der Waals surface area contributed by atoms with E-state index in [2.05, 4.69) is 10.6 Å². The summed E-state index contributed by atoms with van der Waals surface area (Å²) < 4.78 is 13.7. The van der Waals surface area contributed by atoms with Crippen LogP contribution in [0.1, 0.15) is 29.8 Å². The van der Waals surface area contributed by atoms with Crippen molar-refractivity contribution in [2.45, 2.75) is 26.3 Å². The number of amides is 2. The van der Waals surface area contributed by atoms with Gasteiger partial charge in [0.2, 0.25) is 5.91 Å². The molecule has 0 heterocycles. The maximum absolute atomic E-state index is 13.7. The minimum atomic E-state index is -0.720. The van der Waals surface area contributed by atoms with Crippen LogP contribution in [0.3, 0.4) is 0 Å². The highest BCUT2D eigenvalue weighted by Crippen LogP contribution is 2.09. The second kappa shape index (κ2) is 8.97. The zero-order valence-electron chi connectivity index (χ0n) is 14.5. The molecule has 0 saturated heterocycles. The Morgan fingerprint density at radius 2 is 1.64 bits per heavy atom. The summed E-state index contributed by atoms with van der Waals surface area (Å²) in [4.78, 5) is 24.7. The van der Waals surface area contributed by atoms with Gasteiger partial charge in [-0.15, -0.1) is 0 Å². The molecule has 2 aromatic rings. The monoisotopic (exact) mass is 342 g/mol. The molecule has 0 saturated carbocycles. The molecule has 0 aromatic heterocycles. The fourth-order valence-electron chi connectivity index (χ4n) is 2.48. The predicted molar refractivity (Wildman–Crippen MR) is 95.6 cm³/mol. The highest BCUT2D eigenvalue weighted by Gasteiger charge is 2.25. The summed E-state index contributed by atoms with van der Waals surface area (Å²) in [5, 5.41) is 5.47. The lowest BCUT2D eigenvalue weighted by Gasteiger charge is -2.22. The van der Waals surface area contributed by atoms with Gasteiger partial charge in [-0.05, 0) is 30.0 Å². The summed E-state index contributed by atoms with van der Waals surface area (Å²) in [5.41, 5.74) is 1.06. The molecular weight excluding hydrogens is 319 g/mol. The molecule has 2 aromatic carbocycles. The summed E-state index contributed by atoms with van der Waals surface area (Å²) in [6.07, 6.45) is 0.707. The summed E-state index contributed by atoms with van der Waals surface area (Å²) in [5.74, 6) is -1.58. The number of nitrogens with one attached hydrogen (secondary N) is 2. The van der Waals surface area contributed by atoms with Crippen LogP contribution >= 0.6 is 0 Å². The molecule has 1 atom stereocenters. The van der Waals surface area contributed by atoms with Crippen molar-refractivity contribution in [3.63, 3.8) is 0 Å². The largest absolute Gasteiger partial charge is 0.354 e. The molecule has 2 amide bonds. The number of hydrogen-bond donors (Lipinski definition) is 2. The topological polar surface area (TPSA) is 58.2 Å². The lowest BCUT2D eigenvalue weighted by Crippen LogP contribution is -2.50. The zero-order chi connectivity index (χ0) is 18.2. The SMILES string of the molecule is CC(C)[C@@H](NC(=O)c1ccccc1F)C(=O)NCCc1ccccc1. The summed E-state index contributed by atoms with van der Waals surface area (Å²) in [6, 6.07) is 14.8. The molecule has 0 spiro atoms. The highest BCUT2D eigenvalue weighted by molar-refractivity contribution is 5.97. The van der Waals surface area contributed by atoms with Crippen LogP contribution < -0.4 is 10.6 Å². The third-order valence-electron chi connectivity index (χ3n) is 3.91. The van der Waals surface area contributed by atoms with E-state index >= 15 is 0 Å². The van der Waals surface area contributed by atoms with Crippen LogP contribution in [-0.4, -0.2) is 24.4 Å². The van der Waals surface area contributed by atoms with Crippen LogP contribution in [0.5, 0.6) is 0 Å². The number of rotatable bonds is 7. The van der Waals surface area contributed by atoms with Gasteiger partial charge >= 0.3 is 0 Å². The highest BCUT2D eigenvalue weighted by atomic mass is 19.1. The molecule has 5 heteroatoms. The quantitative estimate of drug-likeness (QED) is 0.813. The molecule has 2 rings (SSSR count). The van der Waals surface area contributed by atoms with Gasteiger partial charge < -0.3 is 10.6 Å². The smallest absolute Gasteiger partial charge is 0.254 e. The molecule has 0 aliphatic heterocycles. The maximum atomic E-state index is 13.7. The van der Waals surface area contributed by atoms with Gasteiger partial charge in [0.05, 0.1) is 5.56 Å². The van der Waals surface area contributed by atoms with Gasteiger partial charge in [-0.25, -0.2) is 4.39 Å². The molecule has 0 bridgehead atoms. The van der Waals surface area contributed by atoms with Crippen LogP contribution in [0.4, 0.5) is 4.39 Å². The van der Waals surface area contributed by atoms with Crippen molar-refractivity contribution in [1.82, 2.24) is 10.6 Å². The fraction of sp³-hybridized carbons (Fsp3) is 0.300. The van der Waals surface area contributed by atoms with E-state index < -0.39 is 17.8 Å². The number of carbonyl (C=O) groups excluding carboxylic acids is 2. The summed E-state index contributed by atoms with van der Waals surface area (Å²) in [7, 11) is 0. The molecule has 0 aliphatic carbocycles. The average Bonchev–Trinajstić information content (AvgIpc) is 2.60. The van der Waals surface area contributed by atoms with Gasteiger partial charge in [0.15, 0.2) is 0 Å². The molecule has 0 aliphatic rings. The van der Waals surface area contributed by atoms with Gasteiger partial charge in [0, 0.05) is 6.54 Å². The zero-order valence-corrected chi connectivity index (χ0v) is 14.5. The van der Waals surface area contributed by atoms with Crippen molar-refractivity contribution in [2.75, 3.05) is 6.54 Å². The van der Waals surface area contributed by atoms with E-state index in [0.29, 0.717) is 13.0 Å². The Kier molecular flexibility index (Phi) is 6.69. The van der Waals surface area contributed by atoms with Gasteiger partial charge in [0.25, 0.3) is 5.91 Å². The van der Waals surface area contributed by atoms with E-state index in [1.165, 1.54) is 18.2 Å². The minimum Gasteiger partial charge on any atom is -0.354 e. The van der Waals surface area contributed by atoms with Gasteiger partial charge in [-0.1, -0.05) is 56.3 Å². The van der Waals surface area contributed by atoms with Gasteiger partial charge in [0.1, 0.15) is 11.9 Å². The first kappa shape index (κ1) is 18.6. The summed E-state index contributed by atoms with van der Waals surface area (Å²) in [6.45, 7) is 4.15.